The summed E-state index contributed by atoms with van der Waals surface area (Å²) in [6, 6.07) is 17.6. The van der Waals surface area contributed by atoms with Crippen molar-refractivity contribution in [2.45, 2.75) is 96.9 Å². The molecular formula is C42H60N2. The summed E-state index contributed by atoms with van der Waals surface area (Å²) < 4.78 is 0. The molecule has 0 aliphatic rings. The van der Waals surface area contributed by atoms with Crippen molar-refractivity contribution in [3.8, 4) is 0 Å². The molecule has 44 heavy (non-hydrogen) atoms. The van der Waals surface area contributed by atoms with Gasteiger partial charge < -0.3 is 9.97 Å². The van der Waals surface area contributed by atoms with Gasteiger partial charge in [-0.15, -0.1) is 0 Å². The number of aromatic amines is 2. The molecule has 0 unspecified atom stereocenters. The van der Waals surface area contributed by atoms with Crippen LogP contribution in [0.5, 0.6) is 0 Å². The highest BCUT2D eigenvalue weighted by atomic mass is 14.7. The third-order valence-electron chi connectivity index (χ3n) is 7.12. The van der Waals surface area contributed by atoms with Crippen LogP contribution in [-0.4, -0.2) is 9.97 Å². The smallest absolute Gasteiger partial charge is 0.0464 e. The zero-order chi connectivity index (χ0) is 34.0. The van der Waals surface area contributed by atoms with E-state index >= 15 is 0 Å². The standard InChI is InChI=1S/C34H36N2.4C2H6/c1-9-25(31-19-29-15-13-27(17-33(29)35-31)23(7)21(3)4)11-12-26(10-2)32-20-30-16-14-28(18-34(30)36-32)24(8)22(5)6;4*1-2/h9-20,35-36H,1-2H2,3-8H3;4*1-2H3/b25-11+,26-12+;;;;. The monoisotopic (exact) mass is 592 g/mol. The summed E-state index contributed by atoms with van der Waals surface area (Å²) in [5, 5.41) is 2.38. The van der Waals surface area contributed by atoms with E-state index in [1.54, 1.807) is 0 Å². The molecule has 2 aromatic heterocycles. The average molecular weight is 593 g/mol. The topological polar surface area (TPSA) is 31.6 Å². The largest absolute Gasteiger partial charge is 0.355 e. The van der Waals surface area contributed by atoms with Crippen LogP contribution in [0.4, 0.5) is 0 Å². The van der Waals surface area contributed by atoms with Gasteiger partial charge in [-0.25, -0.2) is 0 Å². The Kier molecular flexibility index (Phi) is 18.9. The Bertz CT molecular complexity index is 1480. The number of hydrogen-bond acceptors (Lipinski definition) is 0. The van der Waals surface area contributed by atoms with Crippen LogP contribution in [0.3, 0.4) is 0 Å². The molecular weight excluding hydrogens is 532 g/mol. The predicted molar refractivity (Wildman–Crippen MR) is 206 cm³/mol. The van der Waals surface area contributed by atoms with Gasteiger partial charge >= 0.3 is 0 Å². The molecule has 2 aromatic carbocycles. The van der Waals surface area contributed by atoms with Crippen molar-refractivity contribution >= 4 is 44.1 Å². The molecule has 0 aliphatic carbocycles. The Labute approximate surface area is 270 Å². The van der Waals surface area contributed by atoms with Crippen LogP contribution in [0.2, 0.25) is 0 Å². The Morgan fingerprint density at radius 3 is 1.09 bits per heavy atom. The molecule has 0 aliphatic heterocycles. The van der Waals surface area contributed by atoms with Crippen molar-refractivity contribution in [3.05, 3.63) is 120 Å². The lowest BCUT2D eigenvalue weighted by Crippen LogP contribution is -1.84. The van der Waals surface area contributed by atoms with Crippen LogP contribution in [0.1, 0.15) is 119 Å². The van der Waals surface area contributed by atoms with E-state index < -0.39 is 0 Å². The highest BCUT2D eigenvalue weighted by Gasteiger charge is 2.08. The minimum atomic E-state index is 1.03. The molecule has 0 amide bonds. The molecule has 0 spiro atoms. The number of allylic oxidation sites excluding steroid dienone is 10. The summed E-state index contributed by atoms with van der Waals surface area (Å²) in [6.07, 6.45) is 7.98. The Hall–Kier alpha value is -4.04. The normalized spacial score (nSPS) is 10.5. The molecule has 0 bridgehead atoms. The van der Waals surface area contributed by atoms with Crippen molar-refractivity contribution in [1.29, 1.82) is 0 Å². The lowest BCUT2D eigenvalue weighted by atomic mass is 10.0. The number of H-pyrrole nitrogens is 2. The van der Waals surface area contributed by atoms with Crippen LogP contribution >= 0.6 is 0 Å². The number of rotatable bonds is 7. The van der Waals surface area contributed by atoms with Gasteiger partial charge in [-0.1, -0.05) is 128 Å². The molecule has 238 valence electrons. The van der Waals surface area contributed by atoms with Crippen molar-refractivity contribution in [1.82, 2.24) is 9.97 Å². The summed E-state index contributed by atoms with van der Waals surface area (Å²) >= 11 is 0. The first-order valence-corrected chi connectivity index (χ1v) is 16.4. The van der Waals surface area contributed by atoms with E-state index in [0.717, 1.165) is 33.6 Å². The van der Waals surface area contributed by atoms with Gasteiger partial charge in [0.05, 0.1) is 0 Å². The summed E-state index contributed by atoms with van der Waals surface area (Å²) in [7, 11) is 0. The Morgan fingerprint density at radius 2 is 0.818 bits per heavy atom. The Balaban J connectivity index is 0.00000214. The molecule has 0 saturated carbocycles. The number of hydrogen-bond donors (Lipinski definition) is 2. The summed E-state index contributed by atoms with van der Waals surface area (Å²) in [6.45, 7) is 37.1. The van der Waals surface area contributed by atoms with Crippen molar-refractivity contribution in [2.75, 3.05) is 0 Å². The fraction of sp³-hybridized carbons (Fsp3) is 0.333. The van der Waals surface area contributed by atoms with E-state index in [1.165, 1.54) is 44.2 Å². The minimum Gasteiger partial charge on any atom is -0.355 e. The maximum Gasteiger partial charge on any atom is 0.0464 e. The number of fused-ring (bicyclic) bond motifs is 2. The van der Waals surface area contributed by atoms with Crippen LogP contribution in [-0.2, 0) is 0 Å². The molecule has 4 aromatic rings. The van der Waals surface area contributed by atoms with Crippen molar-refractivity contribution < 1.29 is 0 Å². The molecule has 0 radical (unpaired) electrons. The van der Waals surface area contributed by atoms with Gasteiger partial charge in [0, 0.05) is 33.2 Å². The second-order valence-corrected chi connectivity index (χ2v) is 9.87. The first-order valence-electron chi connectivity index (χ1n) is 16.4. The fourth-order valence-corrected chi connectivity index (χ4v) is 4.32. The molecule has 2 heteroatoms. The zero-order valence-corrected chi connectivity index (χ0v) is 30.3. The van der Waals surface area contributed by atoms with Crippen molar-refractivity contribution in [2.24, 2.45) is 0 Å². The van der Waals surface area contributed by atoms with E-state index in [1.807, 2.05) is 67.5 Å². The maximum absolute atomic E-state index is 4.07. The van der Waals surface area contributed by atoms with Crippen LogP contribution in [0.25, 0.3) is 44.1 Å². The first-order chi connectivity index (χ1) is 21.2. The van der Waals surface area contributed by atoms with Crippen molar-refractivity contribution in [3.63, 3.8) is 0 Å². The van der Waals surface area contributed by atoms with Gasteiger partial charge in [-0.05, 0) is 99.2 Å². The van der Waals surface area contributed by atoms with Gasteiger partial charge in [0.15, 0.2) is 0 Å². The lowest BCUT2D eigenvalue weighted by molar-refractivity contribution is 1.36. The van der Waals surface area contributed by atoms with Crippen LogP contribution in [0, 0.1) is 0 Å². The molecule has 2 heterocycles. The minimum absolute atomic E-state index is 1.03. The van der Waals surface area contributed by atoms with Gasteiger partial charge in [-0.2, -0.15) is 0 Å². The molecule has 0 saturated heterocycles. The summed E-state index contributed by atoms with van der Waals surface area (Å²) in [4.78, 5) is 7.16. The number of aromatic nitrogens is 2. The maximum atomic E-state index is 4.07. The molecule has 2 nitrogen and oxygen atoms in total. The fourth-order valence-electron chi connectivity index (χ4n) is 4.32. The summed E-state index contributed by atoms with van der Waals surface area (Å²) in [5.74, 6) is 0. The second-order valence-electron chi connectivity index (χ2n) is 9.87. The SMILES string of the molecule is C=C/C(=C\C=C(/C=C)c1cc2ccc(C(C)=C(C)C)cc2[nH]1)c1cc2ccc(C(C)=C(C)C)cc2[nH]1.CC.CC.CC.CC. The lowest BCUT2D eigenvalue weighted by Gasteiger charge is -2.04. The summed E-state index contributed by atoms with van der Waals surface area (Å²) in [5.41, 5.74) is 14.2. The van der Waals surface area contributed by atoms with E-state index in [2.05, 4.69) is 125 Å². The number of nitrogens with one attached hydrogen (secondary N) is 2. The molecule has 0 atom stereocenters. The third-order valence-corrected chi connectivity index (χ3v) is 7.12. The van der Waals surface area contributed by atoms with Crippen LogP contribution < -0.4 is 0 Å². The first kappa shape index (κ1) is 40.0. The Morgan fingerprint density at radius 1 is 0.500 bits per heavy atom. The highest BCUT2D eigenvalue weighted by Crippen LogP contribution is 2.29. The van der Waals surface area contributed by atoms with Gasteiger partial charge in [0.2, 0.25) is 0 Å². The highest BCUT2D eigenvalue weighted by molar-refractivity contribution is 5.91. The molecule has 0 fully saturated rings. The van der Waals surface area contributed by atoms with Crippen LogP contribution in [0.15, 0.2) is 97.1 Å². The molecule has 2 N–H and O–H groups in total. The van der Waals surface area contributed by atoms with Gasteiger partial charge in [0.25, 0.3) is 0 Å². The average Bonchev–Trinajstić information content (AvgIpc) is 3.69. The van der Waals surface area contributed by atoms with Gasteiger partial charge in [-0.3, -0.25) is 0 Å². The van der Waals surface area contributed by atoms with E-state index in [4.69, 9.17) is 0 Å². The quantitative estimate of drug-likeness (QED) is 0.200. The van der Waals surface area contributed by atoms with E-state index in [9.17, 15) is 0 Å². The van der Waals surface area contributed by atoms with Gasteiger partial charge in [0.1, 0.15) is 0 Å². The zero-order valence-electron chi connectivity index (χ0n) is 30.3. The predicted octanol–water partition coefficient (Wildman–Crippen LogP) is 14.2. The van der Waals surface area contributed by atoms with E-state index in [0.29, 0.717) is 0 Å². The second kappa shape index (κ2) is 20.8. The van der Waals surface area contributed by atoms with E-state index in [-0.39, 0.29) is 0 Å². The third kappa shape index (κ3) is 10.3. The number of benzene rings is 2. The molecule has 4 rings (SSSR count).